The number of nitrogens with two attached hydrogens (primary N) is 1. The summed E-state index contributed by atoms with van der Waals surface area (Å²) < 4.78 is 12.6. The third-order valence-corrected chi connectivity index (χ3v) is 6.82. The van der Waals surface area contributed by atoms with Crippen molar-refractivity contribution in [3.05, 3.63) is 92.1 Å². The van der Waals surface area contributed by atoms with E-state index in [0.717, 1.165) is 17.2 Å². The van der Waals surface area contributed by atoms with Crippen LogP contribution in [0.5, 0.6) is 11.5 Å². The molecule has 12 heteroatoms. The molecule has 2 heterocycles. The molecule has 11 nitrogen and oxygen atoms in total. The summed E-state index contributed by atoms with van der Waals surface area (Å²) in [4.78, 5) is 35.8. The van der Waals surface area contributed by atoms with Crippen LogP contribution >= 0.6 is 11.6 Å². The van der Waals surface area contributed by atoms with Gasteiger partial charge in [0.25, 0.3) is 17.5 Å². The highest BCUT2D eigenvalue weighted by atomic mass is 35.5. The predicted molar refractivity (Wildman–Crippen MR) is 137 cm³/mol. The van der Waals surface area contributed by atoms with Gasteiger partial charge in [-0.15, -0.1) is 0 Å². The molecular weight excluding hydrogens is 514 g/mol. The highest BCUT2D eigenvalue weighted by molar-refractivity contribution is 6.34. The Morgan fingerprint density at radius 1 is 1.05 bits per heavy atom. The number of amides is 2. The van der Waals surface area contributed by atoms with Gasteiger partial charge in [-0.2, -0.15) is 5.10 Å². The molecule has 4 aromatic rings. The van der Waals surface area contributed by atoms with E-state index in [2.05, 4.69) is 10.4 Å². The largest absolute Gasteiger partial charge is 0.454 e. The maximum atomic E-state index is 13.0. The van der Waals surface area contributed by atoms with Gasteiger partial charge >= 0.3 is 0 Å². The number of aryl methyl sites for hydroxylation is 1. The van der Waals surface area contributed by atoms with Gasteiger partial charge in [0.15, 0.2) is 17.2 Å². The number of primary amides is 1. The summed E-state index contributed by atoms with van der Waals surface area (Å²) in [6.45, 7) is 0.114. The van der Waals surface area contributed by atoms with Crippen LogP contribution in [0.4, 0.5) is 11.4 Å². The number of non-ortho nitro benzene ring substituents is 1. The van der Waals surface area contributed by atoms with Crippen LogP contribution in [0.3, 0.4) is 0 Å². The number of hydrogen-bond donors (Lipinski definition) is 2. The molecule has 2 aliphatic rings. The van der Waals surface area contributed by atoms with Crippen LogP contribution in [0.2, 0.25) is 5.02 Å². The number of rotatable bonds is 5. The summed E-state index contributed by atoms with van der Waals surface area (Å²) in [6, 6.07) is 14.4. The van der Waals surface area contributed by atoms with Crippen LogP contribution in [-0.4, -0.2) is 33.3 Å². The Morgan fingerprint density at radius 3 is 2.66 bits per heavy atom. The number of halogens is 1. The van der Waals surface area contributed by atoms with Crippen molar-refractivity contribution in [1.29, 1.82) is 0 Å². The molecule has 0 radical (unpaired) electrons. The number of aromatic nitrogens is 2. The standard InChI is InChI=1S/C26H18ClN5O6/c27-20-7-4-16(32(35)36)10-19(20)26(34)29-14-3-1-13-2-6-17-23(25(28)33)30-31(24(17)18(13)9-14)15-5-8-21-22(11-15)38-12-37-21/h1,3-5,7-11H,2,6,12H2,(H2,28,33)(H,29,34). The van der Waals surface area contributed by atoms with Gasteiger partial charge in [0.05, 0.1) is 26.9 Å². The maximum absolute atomic E-state index is 13.0. The Morgan fingerprint density at radius 2 is 1.87 bits per heavy atom. The van der Waals surface area contributed by atoms with Crippen molar-refractivity contribution in [2.24, 2.45) is 5.73 Å². The van der Waals surface area contributed by atoms with Crippen molar-refractivity contribution < 1.29 is 24.0 Å². The zero-order chi connectivity index (χ0) is 26.6. The fourth-order valence-corrected chi connectivity index (χ4v) is 4.92. The molecule has 0 spiro atoms. The van der Waals surface area contributed by atoms with Crippen LogP contribution < -0.4 is 20.5 Å². The lowest BCUT2D eigenvalue weighted by Crippen LogP contribution is -2.16. The first kappa shape index (κ1) is 23.5. The van der Waals surface area contributed by atoms with Crippen molar-refractivity contribution in [1.82, 2.24) is 9.78 Å². The second-order valence-corrected chi connectivity index (χ2v) is 9.14. The van der Waals surface area contributed by atoms with E-state index in [1.807, 2.05) is 6.07 Å². The number of nitro groups is 1. The van der Waals surface area contributed by atoms with Crippen LogP contribution in [0.15, 0.2) is 54.6 Å². The number of benzene rings is 3. The van der Waals surface area contributed by atoms with Gasteiger partial charge < -0.3 is 20.5 Å². The van der Waals surface area contributed by atoms with Crippen LogP contribution in [0.1, 0.15) is 32.0 Å². The Kier molecular flexibility index (Phi) is 5.50. The second-order valence-electron chi connectivity index (χ2n) is 8.74. The third kappa shape index (κ3) is 3.89. The van der Waals surface area contributed by atoms with E-state index in [-0.39, 0.29) is 28.8 Å². The maximum Gasteiger partial charge on any atom is 0.270 e. The number of carbonyl (C=O) groups is 2. The molecule has 2 amide bonds. The summed E-state index contributed by atoms with van der Waals surface area (Å²) in [6.07, 6.45) is 1.19. The van der Waals surface area contributed by atoms with Crippen molar-refractivity contribution in [2.75, 3.05) is 12.1 Å². The number of nitrogens with zero attached hydrogens (tertiary/aromatic N) is 3. The van der Waals surface area contributed by atoms with Gasteiger partial charge in [-0.3, -0.25) is 19.7 Å². The molecule has 190 valence electrons. The first-order chi connectivity index (χ1) is 18.3. The summed E-state index contributed by atoms with van der Waals surface area (Å²) >= 11 is 6.15. The number of nitro benzene ring substituents is 1. The molecule has 3 aromatic carbocycles. The second kappa shape index (κ2) is 8.89. The zero-order valence-corrected chi connectivity index (χ0v) is 20.3. The molecule has 0 saturated heterocycles. The number of hydrogen-bond acceptors (Lipinski definition) is 7. The van der Waals surface area contributed by atoms with Crippen molar-refractivity contribution in [2.45, 2.75) is 12.8 Å². The molecule has 0 bridgehead atoms. The Hall–Kier alpha value is -4.90. The van der Waals surface area contributed by atoms with Crippen LogP contribution in [-0.2, 0) is 12.8 Å². The molecule has 0 atom stereocenters. The Labute approximate surface area is 219 Å². The molecule has 0 unspecified atom stereocenters. The molecule has 38 heavy (non-hydrogen) atoms. The number of nitrogens with one attached hydrogen (secondary N) is 1. The SMILES string of the molecule is NC(=O)c1nn(-c2ccc3c(c2)OCO3)c2c1CCc1ccc(NC(=O)c3cc([N+](=O)[O-])ccc3Cl)cc1-2. The minimum Gasteiger partial charge on any atom is -0.454 e. The van der Waals surface area contributed by atoms with E-state index in [9.17, 15) is 19.7 Å². The molecular formula is C26H18ClN5O6. The quantitative estimate of drug-likeness (QED) is 0.288. The van der Waals surface area contributed by atoms with Gasteiger partial charge in [0.1, 0.15) is 0 Å². The smallest absolute Gasteiger partial charge is 0.270 e. The molecule has 1 aliphatic carbocycles. The summed E-state index contributed by atoms with van der Waals surface area (Å²) in [5, 5.41) is 18.5. The van der Waals surface area contributed by atoms with Crippen molar-refractivity contribution in [3.63, 3.8) is 0 Å². The Balaban J connectivity index is 1.43. The summed E-state index contributed by atoms with van der Waals surface area (Å²) in [5.41, 5.74) is 9.75. The topological polar surface area (TPSA) is 152 Å². The highest BCUT2D eigenvalue weighted by Crippen LogP contribution is 2.40. The average Bonchev–Trinajstić information content (AvgIpc) is 3.53. The van der Waals surface area contributed by atoms with E-state index in [1.165, 1.54) is 12.1 Å². The van der Waals surface area contributed by atoms with Crippen molar-refractivity contribution >= 4 is 34.8 Å². The van der Waals surface area contributed by atoms with E-state index in [1.54, 1.807) is 35.0 Å². The lowest BCUT2D eigenvalue weighted by molar-refractivity contribution is -0.384. The number of anilines is 1. The monoisotopic (exact) mass is 531 g/mol. The van der Waals surface area contributed by atoms with Crippen LogP contribution in [0, 0.1) is 10.1 Å². The van der Waals surface area contributed by atoms with E-state index < -0.39 is 16.7 Å². The van der Waals surface area contributed by atoms with Gasteiger partial charge in [-0.25, -0.2) is 4.68 Å². The normalized spacial score (nSPS) is 13.0. The summed E-state index contributed by atoms with van der Waals surface area (Å²) in [7, 11) is 0. The van der Waals surface area contributed by atoms with E-state index in [0.29, 0.717) is 47.0 Å². The third-order valence-electron chi connectivity index (χ3n) is 6.49. The number of fused-ring (bicyclic) bond motifs is 4. The average molecular weight is 532 g/mol. The molecule has 6 rings (SSSR count). The lowest BCUT2D eigenvalue weighted by Gasteiger charge is -2.20. The first-order valence-corrected chi connectivity index (χ1v) is 11.9. The lowest BCUT2D eigenvalue weighted by atomic mass is 9.88. The highest BCUT2D eigenvalue weighted by Gasteiger charge is 2.29. The van der Waals surface area contributed by atoms with Gasteiger partial charge in [-0.05, 0) is 48.7 Å². The first-order valence-electron chi connectivity index (χ1n) is 11.5. The van der Waals surface area contributed by atoms with Gasteiger partial charge in [0.2, 0.25) is 6.79 Å². The minimum atomic E-state index is -0.644. The van der Waals surface area contributed by atoms with Crippen molar-refractivity contribution in [3.8, 4) is 28.4 Å². The molecule has 1 aliphatic heterocycles. The Bertz CT molecular complexity index is 1680. The van der Waals surface area contributed by atoms with E-state index >= 15 is 0 Å². The van der Waals surface area contributed by atoms with E-state index in [4.69, 9.17) is 26.8 Å². The molecule has 0 saturated carbocycles. The van der Waals surface area contributed by atoms with Crippen LogP contribution in [0.25, 0.3) is 16.9 Å². The zero-order valence-electron chi connectivity index (χ0n) is 19.6. The predicted octanol–water partition coefficient (Wildman–Crippen LogP) is 4.28. The molecule has 1 aromatic heterocycles. The minimum absolute atomic E-state index is 0.0271. The van der Waals surface area contributed by atoms with Gasteiger partial charge in [0, 0.05) is 35.0 Å². The fraction of sp³-hybridized carbons (Fsp3) is 0.115. The fourth-order valence-electron chi connectivity index (χ4n) is 4.72. The number of carbonyl (C=O) groups excluding carboxylic acids is 2. The molecule has 3 N–H and O–H groups in total. The number of ether oxygens (including phenoxy) is 2. The molecule has 0 fully saturated rings. The summed E-state index contributed by atoms with van der Waals surface area (Å²) in [5.74, 6) is -0.0842. The van der Waals surface area contributed by atoms with Gasteiger partial charge in [-0.1, -0.05) is 17.7 Å².